The van der Waals surface area contributed by atoms with E-state index in [0.29, 0.717) is 36.1 Å². The van der Waals surface area contributed by atoms with Gasteiger partial charge in [-0.05, 0) is 59.7 Å². The second-order valence-electron chi connectivity index (χ2n) is 12.0. The van der Waals surface area contributed by atoms with E-state index in [2.05, 4.69) is 74.9 Å². The Morgan fingerprint density at radius 2 is 1.07 bits per heavy atom. The topological polar surface area (TPSA) is 40.6 Å². The van der Waals surface area contributed by atoms with Crippen LogP contribution in [0.5, 0.6) is 0 Å². The highest BCUT2D eigenvalue weighted by Crippen LogP contribution is 2.55. The second kappa shape index (κ2) is 13.9. The Morgan fingerprint density at radius 1 is 0.636 bits per heavy atom. The fourth-order valence-corrected chi connectivity index (χ4v) is 10.5. The minimum Gasteiger partial charge on any atom is -0.307 e. The number of carbonyl (C=O) groups is 2. The lowest BCUT2D eigenvalue weighted by Crippen LogP contribution is -2.34. The summed E-state index contributed by atoms with van der Waals surface area (Å²) in [6.45, 7) is 10.3. The van der Waals surface area contributed by atoms with Crippen molar-refractivity contribution >= 4 is 79.7 Å². The molecule has 44 heavy (non-hydrogen) atoms. The Bertz CT molecular complexity index is 1510. The molecule has 6 heterocycles. The molecule has 4 nitrogen and oxygen atoms in total. The number of hydrogen-bond acceptors (Lipinski definition) is 6. The van der Waals surface area contributed by atoms with Crippen molar-refractivity contribution in [1.82, 2.24) is 0 Å². The molecule has 2 unspecified atom stereocenters. The van der Waals surface area contributed by atoms with Gasteiger partial charge in [0.25, 0.3) is 11.8 Å². The van der Waals surface area contributed by atoms with Gasteiger partial charge in [0, 0.05) is 32.6 Å². The van der Waals surface area contributed by atoms with E-state index in [0.717, 1.165) is 59.7 Å². The molecule has 4 aromatic heterocycles. The summed E-state index contributed by atoms with van der Waals surface area (Å²) in [5, 5.41) is 4.21. The average Bonchev–Trinajstić information content (AvgIpc) is 3.87. The third-order valence-electron chi connectivity index (χ3n) is 9.12. The quantitative estimate of drug-likeness (QED) is 0.126. The number of thiophene rings is 4. The van der Waals surface area contributed by atoms with Gasteiger partial charge in [-0.3, -0.25) is 9.59 Å². The summed E-state index contributed by atoms with van der Waals surface area (Å²) >= 11 is 6.79. The van der Waals surface area contributed by atoms with E-state index in [9.17, 15) is 9.59 Å². The number of hydrogen-bond donors (Lipinski definition) is 0. The first kappa shape index (κ1) is 31.5. The first-order valence-corrected chi connectivity index (χ1v) is 19.6. The number of rotatable bonds is 14. The van der Waals surface area contributed by atoms with Crippen molar-refractivity contribution in [2.45, 2.75) is 79.1 Å². The highest BCUT2D eigenvalue weighted by atomic mass is 32.1. The van der Waals surface area contributed by atoms with Gasteiger partial charge in [0.05, 0.1) is 32.3 Å². The zero-order valence-electron chi connectivity index (χ0n) is 26.2. The van der Waals surface area contributed by atoms with Crippen LogP contribution in [-0.2, 0) is 9.59 Å². The van der Waals surface area contributed by atoms with E-state index in [1.54, 1.807) is 45.3 Å². The fraction of sp³-hybridized carbons (Fsp3) is 0.444. The molecular weight excluding hydrogens is 621 g/mol. The molecule has 0 saturated carbocycles. The van der Waals surface area contributed by atoms with E-state index in [4.69, 9.17) is 0 Å². The summed E-state index contributed by atoms with van der Waals surface area (Å²) in [6, 6.07) is 12.9. The summed E-state index contributed by atoms with van der Waals surface area (Å²) in [5.41, 5.74) is 3.21. The van der Waals surface area contributed by atoms with Gasteiger partial charge in [-0.25, -0.2) is 0 Å². The molecule has 4 aromatic rings. The monoisotopic (exact) mass is 662 g/mol. The van der Waals surface area contributed by atoms with Crippen LogP contribution in [0.2, 0.25) is 0 Å². The lowest BCUT2D eigenvalue weighted by Gasteiger charge is -2.24. The van der Waals surface area contributed by atoms with Crippen LogP contribution in [0.3, 0.4) is 0 Å². The number of anilines is 2. The Kier molecular flexibility index (Phi) is 9.91. The van der Waals surface area contributed by atoms with Gasteiger partial charge in [0.15, 0.2) is 0 Å². The fourth-order valence-electron chi connectivity index (χ4n) is 6.44. The molecule has 0 spiro atoms. The summed E-state index contributed by atoms with van der Waals surface area (Å²) < 4.78 is 0. The van der Waals surface area contributed by atoms with Gasteiger partial charge in [0.1, 0.15) is 0 Å². The minimum absolute atomic E-state index is 0.000763. The molecule has 8 heteroatoms. The van der Waals surface area contributed by atoms with Gasteiger partial charge in [-0.15, -0.1) is 45.3 Å². The highest BCUT2D eigenvalue weighted by Gasteiger charge is 2.45. The Morgan fingerprint density at radius 3 is 1.41 bits per heavy atom. The molecule has 232 valence electrons. The van der Waals surface area contributed by atoms with E-state index < -0.39 is 0 Å². The van der Waals surface area contributed by atoms with Gasteiger partial charge in [-0.2, -0.15) is 0 Å². The molecule has 2 aliphatic rings. The van der Waals surface area contributed by atoms with Crippen molar-refractivity contribution in [2.75, 3.05) is 22.9 Å². The summed E-state index contributed by atoms with van der Waals surface area (Å²) in [6.07, 6.45) is 8.94. The van der Waals surface area contributed by atoms with Crippen LogP contribution < -0.4 is 9.80 Å². The zero-order valence-corrected chi connectivity index (χ0v) is 29.5. The predicted molar refractivity (Wildman–Crippen MR) is 193 cm³/mol. The van der Waals surface area contributed by atoms with Gasteiger partial charge < -0.3 is 9.80 Å². The van der Waals surface area contributed by atoms with Crippen LogP contribution >= 0.6 is 45.3 Å². The standard InChI is InChI=1S/C36H42N2O2S4/c1-5-9-13-23(7-3)21-37-25-19-29(27-15-11-17-41-27)43-33(25)31(35(37)39)32-34-26(20-30(44-34)28-16-12-18-42-28)38(36(32)40)22-24(8-4)14-10-6-2/h11-12,15-20,23-24H,5-10,13-14,21-22H2,1-4H3/b32-31-. The lowest BCUT2D eigenvalue weighted by molar-refractivity contribution is -0.114. The Hall–Kier alpha value is -2.52. The van der Waals surface area contributed by atoms with E-state index in [1.165, 1.54) is 32.4 Å². The zero-order chi connectivity index (χ0) is 30.8. The Labute approximate surface area is 278 Å². The second-order valence-corrected chi connectivity index (χ2v) is 16.0. The Balaban J connectivity index is 1.48. The number of fused-ring (bicyclic) bond motifs is 2. The maximum absolute atomic E-state index is 14.6. The molecule has 0 aliphatic carbocycles. The van der Waals surface area contributed by atoms with Crippen molar-refractivity contribution < 1.29 is 9.59 Å². The molecule has 0 aromatic carbocycles. The molecule has 0 bridgehead atoms. The number of nitrogens with zero attached hydrogens (tertiary/aromatic N) is 2. The van der Waals surface area contributed by atoms with Crippen molar-refractivity contribution in [2.24, 2.45) is 11.8 Å². The summed E-state index contributed by atoms with van der Waals surface area (Å²) in [7, 11) is 0. The molecule has 2 amide bonds. The van der Waals surface area contributed by atoms with Crippen LogP contribution in [0.1, 0.15) is 88.8 Å². The van der Waals surface area contributed by atoms with Gasteiger partial charge >= 0.3 is 0 Å². The van der Waals surface area contributed by atoms with Crippen molar-refractivity contribution in [3.8, 4) is 19.5 Å². The van der Waals surface area contributed by atoms with Crippen molar-refractivity contribution in [1.29, 1.82) is 0 Å². The first-order valence-electron chi connectivity index (χ1n) is 16.2. The average molecular weight is 663 g/mol. The maximum Gasteiger partial charge on any atom is 0.260 e. The molecule has 0 fully saturated rings. The van der Waals surface area contributed by atoms with Crippen LogP contribution in [0.15, 0.2) is 47.2 Å². The summed E-state index contributed by atoms with van der Waals surface area (Å²) in [5.74, 6) is 0.866. The van der Waals surface area contributed by atoms with Gasteiger partial charge in [0.2, 0.25) is 0 Å². The number of amides is 2. The van der Waals surface area contributed by atoms with Crippen LogP contribution in [0, 0.1) is 11.8 Å². The SMILES string of the molecule is CCCCC(CC)CN1C(=O)/C(=C2\C(=O)N(CC(CC)CCCC)c3cc(-c4cccs4)sc32)c2sc(-c3cccs3)cc21. The molecule has 6 rings (SSSR count). The molecule has 2 aliphatic heterocycles. The maximum atomic E-state index is 14.6. The third kappa shape index (κ3) is 5.91. The molecular formula is C36H42N2O2S4. The third-order valence-corrected chi connectivity index (χ3v) is 13.5. The predicted octanol–water partition coefficient (Wildman–Crippen LogP) is 11.3. The molecule has 0 radical (unpaired) electrons. The van der Waals surface area contributed by atoms with Crippen molar-refractivity contribution in [3.05, 3.63) is 56.9 Å². The van der Waals surface area contributed by atoms with Crippen LogP contribution in [0.25, 0.3) is 30.7 Å². The smallest absolute Gasteiger partial charge is 0.260 e. The summed E-state index contributed by atoms with van der Waals surface area (Å²) in [4.78, 5) is 39.8. The lowest BCUT2D eigenvalue weighted by atomic mass is 9.98. The normalized spacial score (nSPS) is 17.5. The number of carbonyl (C=O) groups excluding carboxylic acids is 2. The number of unbranched alkanes of at least 4 members (excludes halogenated alkanes) is 2. The van der Waals surface area contributed by atoms with Crippen LogP contribution in [-0.4, -0.2) is 24.9 Å². The van der Waals surface area contributed by atoms with Gasteiger partial charge in [-0.1, -0.05) is 78.4 Å². The molecule has 2 atom stereocenters. The van der Waals surface area contributed by atoms with E-state index in [-0.39, 0.29) is 11.8 Å². The minimum atomic E-state index is -0.000763. The molecule has 0 N–H and O–H groups in total. The highest BCUT2D eigenvalue weighted by molar-refractivity contribution is 7.24. The molecule has 0 saturated heterocycles. The largest absolute Gasteiger partial charge is 0.307 e. The first-order chi connectivity index (χ1) is 21.5. The van der Waals surface area contributed by atoms with E-state index in [1.807, 2.05) is 9.80 Å². The van der Waals surface area contributed by atoms with Crippen molar-refractivity contribution in [3.63, 3.8) is 0 Å². The van der Waals surface area contributed by atoms with Crippen LogP contribution in [0.4, 0.5) is 11.4 Å². The van der Waals surface area contributed by atoms with E-state index >= 15 is 0 Å².